The third-order valence-electron chi connectivity index (χ3n) is 5.19. The Labute approximate surface area is 135 Å². The van der Waals surface area contributed by atoms with Crippen molar-refractivity contribution in [3.05, 3.63) is 23.1 Å². The summed E-state index contributed by atoms with van der Waals surface area (Å²) in [7, 11) is 0. The molecule has 0 spiro atoms. The molecule has 2 radical (unpaired) electrons. The van der Waals surface area contributed by atoms with Gasteiger partial charge in [0.15, 0.2) is 6.10 Å². The minimum atomic E-state index is -0.556. The second-order valence-corrected chi connectivity index (χ2v) is 6.91. The van der Waals surface area contributed by atoms with E-state index in [1.54, 1.807) is 0 Å². The predicted molar refractivity (Wildman–Crippen MR) is 87.8 cm³/mol. The van der Waals surface area contributed by atoms with Gasteiger partial charge in [0.2, 0.25) is 6.04 Å². The molecule has 2 bridgehead atoms. The smallest absolute Gasteiger partial charge is 0.245 e. The topological polar surface area (TPSA) is 52.4 Å². The van der Waals surface area contributed by atoms with Crippen LogP contribution < -0.4 is 0 Å². The molecule has 0 N–H and O–H groups in total. The van der Waals surface area contributed by atoms with Gasteiger partial charge in [-0.2, -0.15) is 0 Å². The molecule has 0 amide bonds. The first-order valence-corrected chi connectivity index (χ1v) is 9.18. The number of rotatable bonds is 11. The van der Waals surface area contributed by atoms with Crippen molar-refractivity contribution >= 4 is 0 Å². The second-order valence-electron chi connectivity index (χ2n) is 6.91. The molecule has 1 atom stereocenters. The Kier molecular flexibility index (Phi) is 7.64. The van der Waals surface area contributed by atoms with Crippen molar-refractivity contribution in [3.63, 3.8) is 0 Å². The van der Waals surface area contributed by atoms with Crippen LogP contribution in [0.4, 0.5) is 0 Å². The fourth-order valence-corrected chi connectivity index (χ4v) is 3.85. The van der Waals surface area contributed by atoms with E-state index in [0.29, 0.717) is 12.3 Å². The van der Waals surface area contributed by atoms with Crippen molar-refractivity contribution in [2.45, 2.75) is 95.6 Å². The number of hydrogen-bond acceptors (Lipinski definition) is 3. The third-order valence-corrected chi connectivity index (χ3v) is 5.19. The van der Waals surface area contributed by atoms with Crippen molar-refractivity contribution in [2.24, 2.45) is 5.92 Å². The van der Waals surface area contributed by atoms with Crippen LogP contribution in [-0.4, -0.2) is 17.1 Å². The van der Waals surface area contributed by atoms with Crippen LogP contribution in [-0.2, 0) is 4.74 Å². The maximum Gasteiger partial charge on any atom is 0.245 e. The van der Waals surface area contributed by atoms with Crippen LogP contribution in [0.1, 0.15) is 83.5 Å². The Bertz CT molecular complexity index is 326. The molecule has 0 aromatic rings. The zero-order chi connectivity index (χ0) is 15.8. The molecule has 4 heteroatoms. The van der Waals surface area contributed by atoms with Gasteiger partial charge in [-0.1, -0.05) is 51.9 Å². The van der Waals surface area contributed by atoms with Gasteiger partial charge in [0.25, 0.3) is 0 Å². The number of fused-ring (bicyclic) bond motifs is 3. The van der Waals surface area contributed by atoms with E-state index in [1.807, 2.05) is 0 Å². The van der Waals surface area contributed by atoms with Crippen LogP contribution in [0.15, 0.2) is 0 Å². The van der Waals surface area contributed by atoms with Gasteiger partial charge >= 0.3 is 0 Å². The molecular formula is C18H31NO3. The normalized spacial score (nSPS) is 26.2. The molecule has 2 saturated heterocycles. The lowest BCUT2D eigenvalue weighted by molar-refractivity contribution is -0.529. The zero-order valence-electron chi connectivity index (χ0n) is 13.8. The Balaban J connectivity index is 1.64. The Morgan fingerprint density at radius 3 is 2.14 bits per heavy atom. The lowest BCUT2D eigenvalue weighted by atomic mass is 9.77. The largest absolute Gasteiger partial charge is 0.361 e. The summed E-state index contributed by atoms with van der Waals surface area (Å²) in [5, 5.41) is 11.4. The maximum atomic E-state index is 11.4. The van der Waals surface area contributed by atoms with E-state index < -0.39 is 6.04 Å². The average Bonchev–Trinajstić information content (AvgIpc) is 2.54. The van der Waals surface area contributed by atoms with Crippen LogP contribution >= 0.6 is 0 Å². The van der Waals surface area contributed by atoms with Crippen LogP contribution in [0.2, 0.25) is 0 Å². The number of ether oxygens (including phenoxy) is 1. The van der Waals surface area contributed by atoms with E-state index in [2.05, 4.69) is 6.92 Å². The third kappa shape index (κ3) is 5.22. The van der Waals surface area contributed by atoms with E-state index in [1.165, 1.54) is 32.1 Å². The molecule has 4 nitrogen and oxygen atoms in total. The van der Waals surface area contributed by atoms with Crippen LogP contribution in [0.3, 0.4) is 0 Å². The Morgan fingerprint density at radius 2 is 1.64 bits per heavy atom. The number of hydrogen-bond donors (Lipinski definition) is 0. The van der Waals surface area contributed by atoms with Gasteiger partial charge in [0.05, 0.1) is 6.10 Å². The second kappa shape index (κ2) is 9.49. The highest BCUT2D eigenvalue weighted by atomic mass is 16.6. The molecule has 2 aliphatic heterocycles. The molecular weight excluding hydrogens is 278 g/mol. The van der Waals surface area contributed by atoms with E-state index in [0.717, 1.165) is 51.0 Å². The van der Waals surface area contributed by atoms with Crippen molar-refractivity contribution < 1.29 is 9.66 Å². The first-order chi connectivity index (χ1) is 10.7. The van der Waals surface area contributed by atoms with Crippen LogP contribution in [0, 0.1) is 29.1 Å². The molecule has 2 heterocycles. The molecule has 0 aromatic heterocycles. The van der Waals surface area contributed by atoms with Gasteiger partial charge < -0.3 is 4.74 Å². The van der Waals surface area contributed by atoms with Crippen LogP contribution in [0.25, 0.3) is 0 Å². The molecule has 126 valence electrons. The summed E-state index contributed by atoms with van der Waals surface area (Å²) in [6.45, 7) is 3.85. The molecule has 3 fully saturated rings. The Morgan fingerprint density at radius 1 is 1.05 bits per heavy atom. The molecule has 0 aromatic carbocycles. The SMILES string of the molecule is [CH2]CCCCCCCCC[C@@H]([C]1OC2CCC1CC2)[N+](=O)[O-]. The minimum Gasteiger partial charge on any atom is -0.361 e. The minimum absolute atomic E-state index is 0.107. The summed E-state index contributed by atoms with van der Waals surface area (Å²) >= 11 is 0. The van der Waals surface area contributed by atoms with Gasteiger partial charge in [-0.25, -0.2) is 0 Å². The summed E-state index contributed by atoms with van der Waals surface area (Å²) in [6.07, 6.45) is 15.4. The first kappa shape index (κ1) is 17.7. The van der Waals surface area contributed by atoms with E-state index in [9.17, 15) is 10.1 Å². The summed E-state index contributed by atoms with van der Waals surface area (Å²) < 4.78 is 5.90. The van der Waals surface area contributed by atoms with Gasteiger partial charge in [-0.15, -0.1) is 0 Å². The quantitative estimate of drug-likeness (QED) is 0.303. The number of nitrogens with zero attached hydrogens (tertiary/aromatic N) is 1. The molecule has 3 rings (SSSR count). The fourth-order valence-electron chi connectivity index (χ4n) is 3.85. The highest BCUT2D eigenvalue weighted by Crippen LogP contribution is 2.44. The number of nitro groups is 1. The van der Waals surface area contributed by atoms with Gasteiger partial charge in [0.1, 0.15) is 0 Å². The van der Waals surface area contributed by atoms with E-state index in [4.69, 9.17) is 4.74 Å². The monoisotopic (exact) mass is 309 g/mol. The number of unbranched alkanes of at least 4 members (excludes halogenated alkanes) is 7. The molecule has 1 saturated carbocycles. The predicted octanol–water partition coefficient (Wildman–Crippen LogP) is 5.10. The fraction of sp³-hybridized carbons (Fsp3) is 0.889. The van der Waals surface area contributed by atoms with Gasteiger partial charge in [0, 0.05) is 11.3 Å². The van der Waals surface area contributed by atoms with Crippen molar-refractivity contribution in [2.75, 3.05) is 0 Å². The lowest BCUT2D eigenvalue weighted by Crippen LogP contribution is -2.44. The molecule has 1 aliphatic carbocycles. The molecule has 22 heavy (non-hydrogen) atoms. The highest BCUT2D eigenvalue weighted by Gasteiger charge is 2.46. The van der Waals surface area contributed by atoms with Crippen LogP contribution in [0.5, 0.6) is 0 Å². The van der Waals surface area contributed by atoms with Crippen molar-refractivity contribution in [3.8, 4) is 0 Å². The van der Waals surface area contributed by atoms with E-state index >= 15 is 0 Å². The molecule has 0 unspecified atom stereocenters. The van der Waals surface area contributed by atoms with Crippen molar-refractivity contribution in [1.29, 1.82) is 0 Å². The van der Waals surface area contributed by atoms with Crippen molar-refractivity contribution in [1.82, 2.24) is 0 Å². The van der Waals surface area contributed by atoms with E-state index in [-0.39, 0.29) is 11.0 Å². The lowest BCUT2D eigenvalue weighted by Gasteiger charge is -2.42. The maximum absolute atomic E-state index is 11.4. The Hall–Kier alpha value is -0.640. The average molecular weight is 309 g/mol. The summed E-state index contributed by atoms with van der Waals surface area (Å²) in [4.78, 5) is 11.3. The standard InChI is InChI=1S/C18H31NO3/c1-2-3-4-5-6-7-8-9-10-17(19(20)21)18-15-11-13-16(22-18)14-12-15/h15-17H,1-14H2/t15?,16?,17-/m0/s1. The van der Waals surface area contributed by atoms with Gasteiger partial charge in [-0.3, -0.25) is 10.1 Å². The summed E-state index contributed by atoms with van der Waals surface area (Å²) in [5.41, 5.74) is 0. The highest BCUT2D eigenvalue weighted by molar-refractivity contribution is 5.02. The summed E-state index contributed by atoms with van der Waals surface area (Å²) in [5.74, 6) is 0.350. The summed E-state index contributed by atoms with van der Waals surface area (Å²) in [6, 6.07) is -0.556. The van der Waals surface area contributed by atoms with Gasteiger partial charge in [-0.05, 0) is 38.0 Å². The molecule has 3 aliphatic rings. The first-order valence-electron chi connectivity index (χ1n) is 9.18. The zero-order valence-corrected chi connectivity index (χ0v) is 13.8.